The topological polar surface area (TPSA) is 43.4 Å². The number of carbonyl (C=O) groups is 2. The first-order valence-electron chi connectivity index (χ1n) is 6.55. The molecule has 0 aliphatic carbocycles. The van der Waals surface area contributed by atoms with Gasteiger partial charge in [-0.05, 0) is 24.3 Å². The second-order valence-electron chi connectivity index (χ2n) is 4.12. The van der Waals surface area contributed by atoms with Crippen LogP contribution in [-0.4, -0.2) is 11.9 Å². The summed E-state index contributed by atoms with van der Waals surface area (Å²) in [5.74, 6) is -1.28. The molecule has 3 nitrogen and oxygen atoms in total. The van der Waals surface area contributed by atoms with Gasteiger partial charge in [0.2, 0.25) is 0 Å². The molecule has 0 amide bonds. The largest absolute Gasteiger partial charge is 0.386 e. The van der Waals surface area contributed by atoms with Gasteiger partial charge in [-0.15, -0.1) is 0 Å². The Bertz CT molecular complexity index is 483. The SMILES string of the molecule is CCC.O=C(OC(=O)c1ccccc1)c1ccccc1. The molecule has 0 heterocycles. The smallest absolute Gasteiger partial charge is 0.346 e. The summed E-state index contributed by atoms with van der Waals surface area (Å²) < 4.78 is 4.74. The van der Waals surface area contributed by atoms with E-state index in [2.05, 4.69) is 13.8 Å². The Kier molecular flexibility index (Phi) is 6.76. The van der Waals surface area contributed by atoms with Crippen LogP contribution >= 0.6 is 0 Å². The maximum atomic E-state index is 11.6. The Morgan fingerprint density at radius 1 is 0.750 bits per heavy atom. The molecule has 0 fully saturated rings. The highest BCUT2D eigenvalue weighted by Crippen LogP contribution is 2.05. The van der Waals surface area contributed by atoms with Crippen LogP contribution in [0.1, 0.15) is 41.0 Å². The molecule has 0 atom stereocenters. The van der Waals surface area contributed by atoms with E-state index in [1.54, 1.807) is 60.7 Å². The Balaban J connectivity index is 0.000000612. The fraction of sp³-hybridized carbons (Fsp3) is 0.176. The number of carbonyl (C=O) groups excluding carboxylic acids is 2. The predicted octanol–water partition coefficient (Wildman–Crippen LogP) is 4.10. The third kappa shape index (κ3) is 5.06. The molecule has 0 spiro atoms. The highest BCUT2D eigenvalue weighted by molar-refractivity contribution is 6.02. The van der Waals surface area contributed by atoms with E-state index in [0.717, 1.165) is 0 Å². The average Bonchev–Trinajstić information content (AvgIpc) is 2.50. The van der Waals surface area contributed by atoms with Crippen molar-refractivity contribution in [2.24, 2.45) is 0 Å². The Labute approximate surface area is 119 Å². The van der Waals surface area contributed by atoms with E-state index in [9.17, 15) is 9.59 Å². The van der Waals surface area contributed by atoms with Gasteiger partial charge < -0.3 is 4.74 Å². The van der Waals surface area contributed by atoms with Gasteiger partial charge in [-0.1, -0.05) is 56.7 Å². The molecule has 2 rings (SSSR count). The van der Waals surface area contributed by atoms with Gasteiger partial charge >= 0.3 is 11.9 Å². The fourth-order valence-corrected chi connectivity index (χ4v) is 1.35. The molecule has 0 N–H and O–H groups in total. The summed E-state index contributed by atoms with van der Waals surface area (Å²) in [5, 5.41) is 0. The summed E-state index contributed by atoms with van der Waals surface area (Å²) in [7, 11) is 0. The van der Waals surface area contributed by atoms with Crippen LogP contribution in [0.25, 0.3) is 0 Å². The van der Waals surface area contributed by atoms with Crippen molar-refractivity contribution in [1.82, 2.24) is 0 Å². The summed E-state index contributed by atoms with van der Waals surface area (Å²) >= 11 is 0. The molecule has 2 aromatic rings. The Morgan fingerprint density at radius 3 is 1.35 bits per heavy atom. The lowest BCUT2D eigenvalue weighted by Gasteiger charge is -2.02. The third-order valence-corrected chi connectivity index (χ3v) is 2.20. The zero-order chi connectivity index (χ0) is 14.8. The second kappa shape index (κ2) is 8.64. The monoisotopic (exact) mass is 270 g/mol. The van der Waals surface area contributed by atoms with Crippen LogP contribution in [-0.2, 0) is 4.74 Å². The van der Waals surface area contributed by atoms with Gasteiger partial charge in [0, 0.05) is 0 Å². The normalized spacial score (nSPS) is 9.10. The lowest BCUT2D eigenvalue weighted by molar-refractivity contribution is 0.0398. The lowest BCUT2D eigenvalue weighted by atomic mass is 10.2. The van der Waals surface area contributed by atoms with E-state index in [-0.39, 0.29) is 0 Å². The maximum Gasteiger partial charge on any atom is 0.346 e. The van der Waals surface area contributed by atoms with Crippen LogP contribution < -0.4 is 0 Å². The Morgan fingerprint density at radius 2 is 1.05 bits per heavy atom. The molecule has 0 aliphatic rings. The molecule has 0 aliphatic heterocycles. The molecular formula is C17H18O3. The molecule has 3 heteroatoms. The highest BCUT2D eigenvalue weighted by Gasteiger charge is 2.13. The van der Waals surface area contributed by atoms with Crippen molar-refractivity contribution in [3.8, 4) is 0 Å². The highest BCUT2D eigenvalue weighted by atomic mass is 16.6. The number of benzene rings is 2. The van der Waals surface area contributed by atoms with E-state index >= 15 is 0 Å². The van der Waals surface area contributed by atoms with Gasteiger partial charge in [0.25, 0.3) is 0 Å². The van der Waals surface area contributed by atoms with Gasteiger partial charge in [-0.2, -0.15) is 0 Å². The van der Waals surface area contributed by atoms with Crippen molar-refractivity contribution in [2.45, 2.75) is 20.3 Å². The maximum absolute atomic E-state index is 11.6. The standard InChI is InChI=1S/C14H10O3.C3H8/c15-13(11-7-3-1-4-8-11)17-14(16)12-9-5-2-6-10-12;1-3-2/h1-10H;3H2,1-2H3. The number of hydrogen-bond acceptors (Lipinski definition) is 3. The van der Waals surface area contributed by atoms with Gasteiger partial charge in [-0.3, -0.25) is 0 Å². The first-order chi connectivity index (χ1) is 9.69. The van der Waals surface area contributed by atoms with Crippen molar-refractivity contribution in [2.75, 3.05) is 0 Å². The zero-order valence-electron chi connectivity index (χ0n) is 11.7. The second-order valence-corrected chi connectivity index (χ2v) is 4.12. The molecule has 0 saturated heterocycles. The van der Waals surface area contributed by atoms with Gasteiger partial charge in [0.05, 0.1) is 11.1 Å². The van der Waals surface area contributed by atoms with Crippen molar-refractivity contribution in [3.63, 3.8) is 0 Å². The van der Waals surface area contributed by atoms with Gasteiger partial charge in [-0.25, -0.2) is 9.59 Å². The van der Waals surface area contributed by atoms with Gasteiger partial charge in [0.15, 0.2) is 0 Å². The minimum atomic E-state index is -0.639. The summed E-state index contributed by atoms with van der Waals surface area (Å²) in [6.07, 6.45) is 1.25. The summed E-state index contributed by atoms with van der Waals surface area (Å²) in [6.45, 7) is 4.25. The zero-order valence-corrected chi connectivity index (χ0v) is 11.7. The molecule has 0 bridgehead atoms. The summed E-state index contributed by atoms with van der Waals surface area (Å²) in [6, 6.07) is 16.8. The third-order valence-electron chi connectivity index (χ3n) is 2.20. The Hall–Kier alpha value is -2.42. The van der Waals surface area contributed by atoms with E-state index in [1.807, 2.05) is 0 Å². The summed E-state index contributed by atoms with van der Waals surface area (Å²) in [4.78, 5) is 23.2. The van der Waals surface area contributed by atoms with Crippen molar-refractivity contribution in [1.29, 1.82) is 0 Å². The molecule has 2 aromatic carbocycles. The predicted molar refractivity (Wildman–Crippen MR) is 78.6 cm³/mol. The average molecular weight is 270 g/mol. The van der Waals surface area contributed by atoms with E-state index in [4.69, 9.17) is 4.74 Å². The first-order valence-corrected chi connectivity index (χ1v) is 6.55. The van der Waals surface area contributed by atoms with E-state index in [0.29, 0.717) is 11.1 Å². The van der Waals surface area contributed by atoms with Crippen LogP contribution in [0, 0.1) is 0 Å². The van der Waals surface area contributed by atoms with Crippen molar-refractivity contribution >= 4 is 11.9 Å². The van der Waals surface area contributed by atoms with Crippen molar-refractivity contribution in [3.05, 3.63) is 71.8 Å². The number of rotatable bonds is 2. The van der Waals surface area contributed by atoms with Crippen LogP contribution in [0.3, 0.4) is 0 Å². The minimum Gasteiger partial charge on any atom is -0.386 e. The number of hydrogen-bond donors (Lipinski definition) is 0. The number of ether oxygens (including phenoxy) is 1. The van der Waals surface area contributed by atoms with Crippen molar-refractivity contribution < 1.29 is 14.3 Å². The van der Waals surface area contributed by atoms with Crippen LogP contribution in [0.5, 0.6) is 0 Å². The van der Waals surface area contributed by atoms with Crippen LogP contribution in [0.15, 0.2) is 60.7 Å². The van der Waals surface area contributed by atoms with Gasteiger partial charge in [0.1, 0.15) is 0 Å². The number of esters is 2. The van der Waals surface area contributed by atoms with Crippen LogP contribution in [0.2, 0.25) is 0 Å². The minimum absolute atomic E-state index is 0.358. The lowest BCUT2D eigenvalue weighted by Crippen LogP contribution is -2.12. The molecule has 0 saturated carbocycles. The van der Waals surface area contributed by atoms with E-state index < -0.39 is 11.9 Å². The van der Waals surface area contributed by atoms with Crippen LogP contribution in [0.4, 0.5) is 0 Å². The summed E-state index contributed by atoms with van der Waals surface area (Å²) in [5.41, 5.74) is 0.716. The molecule has 0 unspecified atom stereocenters. The fourth-order valence-electron chi connectivity index (χ4n) is 1.35. The molecule has 104 valence electrons. The van der Waals surface area contributed by atoms with E-state index in [1.165, 1.54) is 6.42 Å². The quantitative estimate of drug-likeness (QED) is 0.609. The first kappa shape index (κ1) is 15.6. The molecule has 0 radical (unpaired) electrons. The molecular weight excluding hydrogens is 252 g/mol. The molecule has 0 aromatic heterocycles. The molecule has 20 heavy (non-hydrogen) atoms.